The van der Waals surface area contributed by atoms with E-state index in [-0.39, 0.29) is 5.92 Å². The summed E-state index contributed by atoms with van der Waals surface area (Å²) in [5.74, 6) is -1.25. The van der Waals surface area contributed by atoms with Crippen molar-refractivity contribution >= 4 is 0 Å². The maximum atomic E-state index is 9.50. The lowest BCUT2D eigenvalue weighted by Crippen LogP contribution is -2.44. The van der Waals surface area contributed by atoms with Crippen molar-refractivity contribution < 1.29 is 14.6 Å². The molecule has 1 fully saturated rings. The van der Waals surface area contributed by atoms with Gasteiger partial charge in [-0.1, -0.05) is 6.92 Å². The van der Waals surface area contributed by atoms with Gasteiger partial charge in [0.1, 0.15) is 0 Å². The van der Waals surface area contributed by atoms with E-state index in [0.29, 0.717) is 6.61 Å². The molecule has 1 saturated heterocycles. The van der Waals surface area contributed by atoms with E-state index < -0.39 is 5.97 Å². The van der Waals surface area contributed by atoms with Crippen LogP contribution in [0.15, 0.2) is 0 Å². The zero-order valence-corrected chi connectivity index (χ0v) is 6.46. The van der Waals surface area contributed by atoms with Crippen LogP contribution in [0.4, 0.5) is 0 Å². The number of rotatable bonds is 1. The third-order valence-electron chi connectivity index (χ3n) is 2.01. The van der Waals surface area contributed by atoms with Crippen LogP contribution in [0, 0.1) is 5.92 Å². The lowest BCUT2D eigenvalue weighted by atomic mass is 10.0. The molecule has 0 bridgehead atoms. The molecule has 1 heterocycles. The third kappa shape index (κ3) is 1.31. The highest BCUT2D eigenvalue weighted by atomic mass is 16.8. The van der Waals surface area contributed by atoms with Crippen LogP contribution in [-0.2, 0) is 9.47 Å². The molecule has 10 heavy (non-hydrogen) atoms. The Hall–Kier alpha value is -0.120. The molecular formula is C7H14O3. The highest BCUT2D eigenvalue weighted by Gasteiger charge is 2.37. The fourth-order valence-corrected chi connectivity index (χ4v) is 1.19. The lowest BCUT2D eigenvalue weighted by Gasteiger charge is -2.35. The predicted octanol–water partition coefficient (Wildman–Crippen LogP) is 0.725. The summed E-state index contributed by atoms with van der Waals surface area (Å²) < 4.78 is 9.88. The smallest absolute Gasteiger partial charge is 0.282 e. The van der Waals surface area contributed by atoms with E-state index in [1.165, 1.54) is 7.11 Å². The Bertz CT molecular complexity index is 115. The Morgan fingerprint density at radius 3 is 2.80 bits per heavy atom. The summed E-state index contributed by atoms with van der Waals surface area (Å²) in [7, 11) is 1.46. The minimum atomic E-state index is -1.32. The topological polar surface area (TPSA) is 38.7 Å². The molecule has 0 amide bonds. The number of hydrogen-bond donors (Lipinski definition) is 1. The molecule has 1 aliphatic rings. The highest BCUT2D eigenvalue weighted by Crippen LogP contribution is 2.28. The molecule has 0 aromatic rings. The van der Waals surface area contributed by atoms with Gasteiger partial charge in [-0.25, -0.2) is 0 Å². The van der Waals surface area contributed by atoms with Gasteiger partial charge in [-0.15, -0.1) is 0 Å². The van der Waals surface area contributed by atoms with Crippen molar-refractivity contribution in [3.8, 4) is 0 Å². The van der Waals surface area contributed by atoms with E-state index in [2.05, 4.69) is 0 Å². The number of ether oxygens (including phenoxy) is 2. The molecule has 2 unspecified atom stereocenters. The Labute approximate surface area is 60.9 Å². The number of methoxy groups -OCH3 is 1. The van der Waals surface area contributed by atoms with Gasteiger partial charge in [-0.2, -0.15) is 0 Å². The van der Waals surface area contributed by atoms with Crippen LogP contribution in [0.25, 0.3) is 0 Å². The van der Waals surface area contributed by atoms with E-state index >= 15 is 0 Å². The average molecular weight is 146 g/mol. The molecule has 0 saturated carbocycles. The van der Waals surface area contributed by atoms with Crippen LogP contribution >= 0.6 is 0 Å². The first-order valence-corrected chi connectivity index (χ1v) is 3.60. The molecule has 0 aromatic carbocycles. The fourth-order valence-electron chi connectivity index (χ4n) is 1.19. The monoisotopic (exact) mass is 146 g/mol. The summed E-state index contributed by atoms with van der Waals surface area (Å²) in [5, 5.41) is 9.50. The second-order valence-electron chi connectivity index (χ2n) is 2.73. The fraction of sp³-hybridized carbons (Fsp3) is 1.00. The summed E-state index contributed by atoms with van der Waals surface area (Å²) >= 11 is 0. The second kappa shape index (κ2) is 2.86. The molecule has 1 N–H and O–H groups in total. The van der Waals surface area contributed by atoms with Crippen LogP contribution in [0.2, 0.25) is 0 Å². The Kier molecular flexibility index (Phi) is 2.28. The summed E-state index contributed by atoms with van der Waals surface area (Å²) in [4.78, 5) is 0. The number of aliphatic hydroxyl groups is 1. The first-order chi connectivity index (χ1) is 4.69. The van der Waals surface area contributed by atoms with Gasteiger partial charge in [-0.05, 0) is 12.8 Å². The maximum Gasteiger partial charge on any atom is 0.282 e. The average Bonchev–Trinajstić information content (AvgIpc) is 1.96. The SMILES string of the molecule is COC1(O)OCCCC1C. The van der Waals surface area contributed by atoms with Gasteiger partial charge in [-0.3, -0.25) is 0 Å². The first-order valence-electron chi connectivity index (χ1n) is 3.60. The van der Waals surface area contributed by atoms with Crippen LogP contribution in [0.1, 0.15) is 19.8 Å². The molecule has 3 heteroatoms. The standard InChI is InChI=1S/C7H14O3/c1-6-4-3-5-10-7(6,8)9-2/h6,8H,3-5H2,1-2H3. The summed E-state index contributed by atoms with van der Waals surface area (Å²) in [5.41, 5.74) is 0. The Morgan fingerprint density at radius 1 is 1.70 bits per heavy atom. The molecule has 1 rings (SSSR count). The zero-order chi connectivity index (χ0) is 7.61. The molecule has 0 aromatic heterocycles. The molecular weight excluding hydrogens is 132 g/mol. The lowest BCUT2D eigenvalue weighted by molar-refractivity contribution is -0.387. The van der Waals surface area contributed by atoms with E-state index in [1.807, 2.05) is 6.92 Å². The van der Waals surface area contributed by atoms with E-state index in [0.717, 1.165) is 12.8 Å². The van der Waals surface area contributed by atoms with Crippen LogP contribution in [0.3, 0.4) is 0 Å². The highest BCUT2D eigenvalue weighted by molar-refractivity contribution is 4.68. The van der Waals surface area contributed by atoms with Gasteiger partial charge in [0.2, 0.25) is 0 Å². The summed E-state index contributed by atoms with van der Waals surface area (Å²) in [6.07, 6.45) is 1.97. The molecule has 0 spiro atoms. The van der Waals surface area contributed by atoms with Gasteiger partial charge < -0.3 is 14.6 Å². The van der Waals surface area contributed by atoms with Crippen LogP contribution < -0.4 is 0 Å². The second-order valence-corrected chi connectivity index (χ2v) is 2.73. The van der Waals surface area contributed by atoms with Crippen molar-refractivity contribution in [2.75, 3.05) is 13.7 Å². The van der Waals surface area contributed by atoms with Gasteiger partial charge in [0.25, 0.3) is 5.97 Å². The molecule has 3 nitrogen and oxygen atoms in total. The van der Waals surface area contributed by atoms with Gasteiger partial charge in [0, 0.05) is 13.0 Å². The van der Waals surface area contributed by atoms with Crippen molar-refractivity contribution in [3.63, 3.8) is 0 Å². The van der Waals surface area contributed by atoms with E-state index in [4.69, 9.17) is 9.47 Å². The normalized spacial score (nSPS) is 41.7. The van der Waals surface area contributed by atoms with Gasteiger partial charge in [0.15, 0.2) is 0 Å². The van der Waals surface area contributed by atoms with Crippen LogP contribution in [0.5, 0.6) is 0 Å². The van der Waals surface area contributed by atoms with Crippen molar-refractivity contribution in [1.29, 1.82) is 0 Å². The first kappa shape index (κ1) is 7.98. The van der Waals surface area contributed by atoms with Crippen molar-refractivity contribution in [2.24, 2.45) is 5.92 Å². The van der Waals surface area contributed by atoms with E-state index in [9.17, 15) is 5.11 Å². The molecule has 2 atom stereocenters. The van der Waals surface area contributed by atoms with Crippen molar-refractivity contribution in [2.45, 2.75) is 25.7 Å². The van der Waals surface area contributed by atoms with E-state index in [1.54, 1.807) is 0 Å². The quantitative estimate of drug-likeness (QED) is 0.554. The minimum Gasteiger partial charge on any atom is -0.343 e. The molecule has 1 aliphatic heterocycles. The summed E-state index contributed by atoms with van der Waals surface area (Å²) in [6.45, 7) is 2.51. The summed E-state index contributed by atoms with van der Waals surface area (Å²) in [6, 6.07) is 0. The minimum absolute atomic E-state index is 0.0752. The largest absolute Gasteiger partial charge is 0.343 e. The third-order valence-corrected chi connectivity index (χ3v) is 2.01. The number of hydrogen-bond acceptors (Lipinski definition) is 3. The van der Waals surface area contributed by atoms with Crippen molar-refractivity contribution in [3.05, 3.63) is 0 Å². The molecule has 0 radical (unpaired) electrons. The van der Waals surface area contributed by atoms with Gasteiger partial charge in [0.05, 0.1) is 6.61 Å². The van der Waals surface area contributed by atoms with Crippen molar-refractivity contribution in [1.82, 2.24) is 0 Å². The molecule has 60 valence electrons. The Morgan fingerprint density at radius 2 is 2.40 bits per heavy atom. The van der Waals surface area contributed by atoms with Gasteiger partial charge >= 0.3 is 0 Å². The molecule has 0 aliphatic carbocycles. The Balaban J connectivity index is 2.54. The predicted molar refractivity (Wildman–Crippen MR) is 36.3 cm³/mol. The zero-order valence-electron chi connectivity index (χ0n) is 6.46. The van der Waals surface area contributed by atoms with Crippen LogP contribution in [-0.4, -0.2) is 24.8 Å². The maximum absolute atomic E-state index is 9.50.